The van der Waals surface area contributed by atoms with Crippen molar-refractivity contribution in [1.29, 1.82) is 0 Å². The second-order valence-electron chi connectivity index (χ2n) is 4.54. The van der Waals surface area contributed by atoms with E-state index in [1.54, 1.807) is 38.5 Å². The van der Waals surface area contributed by atoms with Gasteiger partial charge in [0.05, 0.1) is 24.7 Å². The summed E-state index contributed by atoms with van der Waals surface area (Å²) < 4.78 is 10.6. The molecule has 7 nitrogen and oxygen atoms in total. The fourth-order valence-corrected chi connectivity index (χ4v) is 2.86. The van der Waals surface area contributed by atoms with Gasteiger partial charge in [0.1, 0.15) is 17.0 Å². The van der Waals surface area contributed by atoms with Gasteiger partial charge < -0.3 is 19.9 Å². The number of thiophene rings is 1. The van der Waals surface area contributed by atoms with Gasteiger partial charge in [0.15, 0.2) is 11.5 Å². The Hall–Kier alpha value is -2.87. The second kappa shape index (κ2) is 6.09. The van der Waals surface area contributed by atoms with Crippen molar-refractivity contribution in [3.63, 3.8) is 0 Å². The molecule has 0 amide bonds. The summed E-state index contributed by atoms with van der Waals surface area (Å²) in [6.45, 7) is 0. The number of aromatic carboxylic acids is 1. The van der Waals surface area contributed by atoms with Gasteiger partial charge in [-0.25, -0.2) is 14.8 Å². The maximum atomic E-state index is 11.0. The van der Waals surface area contributed by atoms with E-state index < -0.39 is 5.97 Å². The molecule has 8 heteroatoms. The monoisotopic (exact) mass is 331 g/mol. The SMILES string of the molecule is COc1cc2ncnc(Nc3ccc(C(=O)O)s3)c2cc1OC. The molecule has 0 saturated heterocycles. The van der Waals surface area contributed by atoms with Crippen LogP contribution in [-0.2, 0) is 0 Å². The van der Waals surface area contributed by atoms with E-state index >= 15 is 0 Å². The number of aromatic nitrogens is 2. The lowest BCUT2D eigenvalue weighted by Gasteiger charge is -2.11. The molecule has 0 unspecified atom stereocenters. The van der Waals surface area contributed by atoms with Crippen molar-refractivity contribution in [3.8, 4) is 11.5 Å². The maximum absolute atomic E-state index is 11.0. The molecule has 0 bridgehead atoms. The summed E-state index contributed by atoms with van der Waals surface area (Å²) in [5.41, 5.74) is 0.690. The Labute approximate surface area is 135 Å². The van der Waals surface area contributed by atoms with Crippen molar-refractivity contribution in [2.24, 2.45) is 0 Å². The van der Waals surface area contributed by atoms with E-state index in [2.05, 4.69) is 15.3 Å². The topological polar surface area (TPSA) is 93.6 Å². The highest BCUT2D eigenvalue weighted by molar-refractivity contribution is 7.17. The molecule has 0 aliphatic heterocycles. The highest BCUT2D eigenvalue weighted by Crippen LogP contribution is 2.35. The molecule has 0 radical (unpaired) electrons. The Morgan fingerprint density at radius 2 is 1.91 bits per heavy atom. The molecule has 3 aromatic rings. The number of ether oxygens (including phenoxy) is 2. The van der Waals surface area contributed by atoms with Crippen LogP contribution in [0.4, 0.5) is 10.8 Å². The van der Waals surface area contributed by atoms with Gasteiger partial charge in [-0.15, -0.1) is 11.3 Å². The molecular weight excluding hydrogens is 318 g/mol. The minimum Gasteiger partial charge on any atom is -0.493 e. The summed E-state index contributed by atoms with van der Waals surface area (Å²) in [6, 6.07) is 6.78. The van der Waals surface area contributed by atoms with E-state index in [0.717, 1.165) is 16.7 Å². The lowest BCUT2D eigenvalue weighted by molar-refractivity contribution is 0.0702. The van der Waals surface area contributed by atoms with Gasteiger partial charge in [0.25, 0.3) is 0 Å². The molecule has 0 spiro atoms. The predicted molar refractivity (Wildman–Crippen MR) is 87.2 cm³/mol. The maximum Gasteiger partial charge on any atom is 0.345 e. The Morgan fingerprint density at radius 3 is 2.57 bits per heavy atom. The Kier molecular flexibility index (Phi) is 3.98. The van der Waals surface area contributed by atoms with E-state index in [4.69, 9.17) is 14.6 Å². The highest BCUT2D eigenvalue weighted by Gasteiger charge is 2.12. The third-order valence-corrected chi connectivity index (χ3v) is 4.19. The van der Waals surface area contributed by atoms with Crippen LogP contribution in [0.5, 0.6) is 11.5 Å². The van der Waals surface area contributed by atoms with Gasteiger partial charge in [-0.3, -0.25) is 0 Å². The fraction of sp³-hybridized carbons (Fsp3) is 0.133. The zero-order valence-electron chi connectivity index (χ0n) is 12.4. The van der Waals surface area contributed by atoms with Crippen LogP contribution in [0.3, 0.4) is 0 Å². The van der Waals surface area contributed by atoms with Crippen molar-refractivity contribution in [1.82, 2.24) is 9.97 Å². The first-order valence-corrected chi connectivity index (χ1v) is 7.41. The molecule has 3 rings (SSSR count). The standard InChI is InChI=1S/C15H13N3O4S/c1-21-10-5-8-9(6-11(10)22-2)16-7-17-14(8)18-13-4-3-12(23-13)15(19)20/h3-7H,1-2H3,(H,19,20)(H,16,17,18). The van der Waals surface area contributed by atoms with Crippen molar-refractivity contribution < 1.29 is 19.4 Å². The van der Waals surface area contributed by atoms with Gasteiger partial charge >= 0.3 is 5.97 Å². The molecule has 1 aromatic carbocycles. The number of methoxy groups -OCH3 is 2. The molecule has 0 fully saturated rings. The van der Waals surface area contributed by atoms with Crippen molar-refractivity contribution in [3.05, 3.63) is 35.5 Å². The molecule has 0 aliphatic rings. The van der Waals surface area contributed by atoms with E-state index in [9.17, 15) is 4.79 Å². The predicted octanol–water partition coefficient (Wildman–Crippen LogP) is 3.15. The van der Waals surface area contributed by atoms with Crippen molar-refractivity contribution in [2.45, 2.75) is 0 Å². The quantitative estimate of drug-likeness (QED) is 0.741. The van der Waals surface area contributed by atoms with Crippen LogP contribution in [-0.4, -0.2) is 35.3 Å². The lowest BCUT2D eigenvalue weighted by Crippen LogP contribution is -1.97. The number of hydrogen-bond donors (Lipinski definition) is 2. The number of carboxylic acid groups (broad SMARTS) is 1. The molecule has 2 N–H and O–H groups in total. The van der Waals surface area contributed by atoms with Crippen molar-refractivity contribution >= 4 is 39.0 Å². The summed E-state index contributed by atoms with van der Waals surface area (Å²) in [5.74, 6) is 0.751. The van der Waals surface area contributed by atoms with E-state index in [0.29, 0.717) is 27.8 Å². The zero-order valence-corrected chi connectivity index (χ0v) is 13.2. The first kappa shape index (κ1) is 15.0. The zero-order chi connectivity index (χ0) is 16.4. The van der Waals surface area contributed by atoms with Crippen LogP contribution >= 0.6 is 11.3 Å². The Bertz CT molecular complexity index is 878. The van der Waals surface area contributed by atoms with Gasteiger partial charge in [0.2, 0.25) is 0 Å². The fourth-order valence-electron chi connectivity index (χ4n) is 2.12. The average Bonchev–Trinajstić information content (AvgIpc) is 3.02. The third-order valence-electron chi connectivity index (χ3n) is 3.20. The molecule has 0 atom stereocenters. The first-order valence-electron chi connectivity index (χ1n) is 6.59. The highest BCUT2D eigenvalue weighted by atomic mass is 32.1. The Balaban J connectivity index is 2.04. The molecule has 2 aromatic heterocycles. The molecular formula is C15H13N3O4S. The lowest BCUT2D eigenvalue weighted by atomic mass is 10.2. The van der Waals surface area contributed by atoms with Crippen LogP contribution in [0.2, 0.25) is 0 Å². The molecule has 0 saturated carbocycles. The number of nitrogens with one attached hydrogen (secondary N) is 1. The summed E-state index contributed by atoms with van der Waals surface area (Å²) in [7, 11) is 3.11. The van der Waals surface area contributed by atoms with E-state index in [1.807, 2.05) is 0 Å². The van der Waals surface area contributed by atoms with Gasteiger partial charge in [-0.1, -0.05) is 0 Å². The number of hydrogen-bond acceptors (Lipinski definition) is 7. The van der Waals surface area contributed by atoms with E-state index in [-0.39, 0.29) is 4.88 Å². The number of carbonyl (C=O) groups is 1. The minimum absolute atomic E-state index is 0.255. The summed E-state index contributed by atoms with van der Waals surface area (Å²) in [5, 5.41) is 13.5. The van der Waals surface area contributed by atoms with E-state index in [1.165, 1.54) is 6.33 Å². The molecule has 118 valence electrons. The van der Waals surface area contributed by atoms with Gasteiger partial charge in [-0.05, 0) is 18.2 Å². The van der Waals surface area contributed by atoms with Crippen molar-refractivity contribution in [2.75, 3.05) is 19.5 Å². The minimum atomic E-state index is -0.956. The van der Waals surface area contributed by atoms with Gasteiger partial charge in [0, 0.05) is 11.5 Å². The molecule has 23 heavy (non-hydrogen) atoms. The summed E-state index contributed by atoms with van der Waals surface area (Å²) in [6.07, 6.45) is 1.43. The molecule has 2 heterocycles. The number of rotatable bonds is 5. The normalized spacial score (nSPS) is 10.5. The average molecular weight is 331 g/mol. The van der Waals surface area contributed by atoms with Crippen LogP contribution in [0.1, 0.15) is 9.67 Å². The summed E-state index contributed by atoms with van der Waals surface area (Å²) >= 11 is 1.13. The number of benzene rings is 1. The number of nitrogens with zero attached hydrogens (tertiary/aromatic N) is 2. The van der Waals surface area contributed by atoms with Gasteiger partial charge in [-0.2, -0.15) is 0 Å². The number of carboxylic acids is 1. The smallest absolute Gasteiger partial charge is 0.345 e. The Morgan fingerprint density at radius 1 is 1.17 bits per heavy atom. The summed E-state index contributed by atoms with van der Waals surface area (Å²) in [4.78, 5) is 19.7. The second-order valence-corrected chi connectivity index (χ2v) is 5.62. The number of fused-ring (bicyclic) bond motifs is 1. The van der Waals surface area contributed by atoms with Crippen LogP contribution in [0, 0.1) is 0 Å². The van der Waals surface area contributed by atoms with Crippen LogP contribution in [0.25, 0.3) is 10.9 Å². The van der Waals surface area contributed by atoms with Crippen LogP contribution < -0.4 is 14.8 Å². The number of anilines is 2. The third kappa shape index (κ3) is 2.88. The van der Waals surface area contributed by atoms with Crippen LogP contribution in [0.15, 0.2) is 30.6 Å². The largest absolute Gasteiger partial charge is 0.493 e. The first-order chi connectivity index (χ1) is 11.1. The molecule has 0 aliphatic carbocycles.